The van der Waals surface area contributed by atoms with E-state index in [2.05, 4.69) is 15.0 Å². The molecule has 0 aliphatic carbocycles. The number of rotatable bonds is 5. The maximum absolute atomic E-state index is 11.2. The summed E-state index contributed by atoms with van der Waals surface area (Å²) in [5.74, 6) is 0. The second-order valence-electron chi connectivity index (χ2n) is 5.70. The largest absolute Gasteiger partial charge is 0.619 e. The number of ether oxygens (including phenoxy) is 1. The molecule has 0 radical (unpaired) electrons. The van der Waals surface area contributed by atoms with E-state index in [1.807, 2.05) is 25.1 Å². The van der Waals surface area contributed by atoms with E-state index in [4.69, 9.17) is 9.72 Å². The molecule has 4 heterocycles. The number of aryl methyl sites for hydroxylation is 1. The van der Waals surface area contributed by atoms with Gasteiger partial charge in [-0.25, -0.2) is 19.9 Å². The molecule has 7 nitrogen and oxygen atoms in total. The molecule has 0 saturated carbocycles. The lowest BCUT2D eigenvalue weighted by atomic mass is 10.1. The highest BCUT2D eigenvalue weighted by atomic mass is 32.1. The van der Waals surface area contributed by atoms with E-state index in [0.717, 1.165) is 37.3 Å². The predicted octanol–water partition coefficient (Wildman–Crippen LogP) is 3.18. The Morgan fingerprint density at radius 3 is 2.52 bits per heavy atom. The maximum atomic E-state index is 11.2. The molecule has 0 amide bonds. The summed E-state index contributed by atoms with van der Waals surface area (Å²) >= 11 is 1.53. The van der Waals surface area contributed by atoms with Crippen LogP contribution >= 0.6 is 11.3 Å². The van der Waals surface area contributed by atoms with E-state index in [1.54, 1.807) is 30.6 Å². The van der Waals surface area contributed by atoms with Crippen molar-refractivity contribution in [3.05, 3.63) is 77.1 Å². The van der Waals surface area contributed by atoms with Crippen LogP contribution in [0.25, 0.3) is 21.8 Å². The van der Waals surface area contributed by atoms with Crippen LogP contribution in [0.1, 0.15) is 10.7 Å². The standard InChI is InChI=1S/C19H15N5O2S/c1-13-18(27-17(22-13)12-26-19-20-8-3-9-21-19)16-5-2-4-15(23-16)14-6-10-24(25)11-7-14/h2-11H,12H2,1H3. The molecule has 134 valence electrons. The Bertz CT molecular complexity index is 1050. The minimum Gasteiger partial charge on any atom is -0.619 e. The van der Waals surface area contributed by atoms with Crippen LogP contribution in [0, 0.1) is 12.1 Å². The van der Waals surface area contributed by atoms with Crippen LogP contribution in [0.2, 0.25) is 0 Å². The van der Waals surface area contributed by atoms with Crippen LogP contribution in [0.4, 0.5) is 0 Å². The van der Waals surface area contributed by atoms with Crippen molar-refractivity contribution >= 4 is 11.3 Å². The lowest BCUT2D eigenvalue weighted by Gasteiger charge is -2.04. The average molecular weight is 377 g/mol. The van der Waals surface area contributed by atoms with Gasteiger partial charge in [0.15, 0.2) is 12.4 Å². The van der Waals surface area contributed by atoms with Gasteiger partial charge in [-0.1, -0.05) is 6.07 Å². The molecule has 4 aromatic heterocycles. The average Bonchev–Trinajstić information content (AvgIpc) is 3.08. The van der Waals surface area contributed by atoms with Crippen molar-refractivity contribution in [2.45, 2.75) is 13.5 Å². The van der Waals surface area contributed by atoms with Crippen molar-refractivity contribution in [3.63, 3.8) is 0 Å². The second kappa shape index (κ2) is 7.46. The van der Waals surface area contributed by atoms with Gasteiger partial charge in [-0.05, 0) is 25.1 Å². The van der Waals surface area contributed by atoms with Gasteiger partial charge in [0.1, 0.15) is 11.6 Å². The summed E-state index contributed by atoms with van der Waals surface area (Å²) < 4.78 is 6.33. The van der Waals surface area contributed by atoms with Crippen LogP contribution in [-0.2, 0) is 6.61 Å². The first kappa shape index (κ1) is 17.0. The third-order valence-corrected chi connectivity index (χ3v) is 4.94. The first-order valence-electron chi connectivity index (χ1n) is 8.22. The van der Waals surface area contributed by atoms with Crippen LogP contribution < -0.4 is 9.47 Å². The quantitative estimate of drug-likeness (QED) is 0.392. The summed E-state index contributed by atoms with van der Waals surface area (Å²) in [6.07, 6.45) is 6.19. The highest BCUT2D eigenvalue weighted by Crippen LogP contribution is 2.30. The topological polar surface area (TPSA) is 87.7 Å². The fourth-order valence-corrected chi connectivity index (χ4v) is 3.49. The van der Waals surface area contributed by atoms with Crippen molar-refractivity contribution in [2.75, 3.05) is 0 Å². The van der Waals surface area contributed by atoms with E-state index in [-0.39, 0.29) is 0 Å². The minimum absolute atomic E-state index is 0.303. The molecule has 0 atom stereocenters. The Morgan fingerprint density at radius 2 is 1.74 bits per heavy atom. The van der Waals surface area contributed by atoms with Gasteiger partial charge in [-0.2, -0.15) is 4.73 Å². The molecule has 4 rings (SSSR count). The summed E-state index contributed by atoms with van der Waals surface area (Å²) in [6.45, 7) is 2.25. The Labute approximate surface area is 159 Å². The van der Waals surface area contributed by atoms with E-state index >= 15 is 0 Å². The van der Waals surface area contributed by atoms with E-state index in [1.165, 1.54) is 23.7 Å². The van der Waals surface area contributed by atoms with Crippen molar-refractivity contribution in [1.29, 1.82) is 0 Å². The summed E-state index contributed by atoms with van der Waals surface area (Å²) in [6, 6.07) is 11.4. The summed E-state index contributed by atoms with van der Waals surface area (Å²) in [4.78, 5) is 18.4. The van der Waals surface area contributed by atoms with Crippen LogP contribution in [0.5, 0.6) is 6.01 Å². The van der Waals surface area contributed by atoms with Crippen molar-refractivity contribution in [2.24, 2.45) is 0 Å². The first-order chi connectivity index (χ1) is 13.2. The molecule has 0 aliphatic heterocycles. The number of aromatic nitrogens is 5. The zero-order valence-electron chi connectivity index (χ0n) is 14.4. The molecular weight excluding hydrogens is 362 g/mol. The Kier molecular flexibility index (Phi) is 4.71. The minimum atomic E-state index is 0.303. The number of hydrogen-bond donors (Lipinski definition) is 0. The lowest BCUT2D eigenvalue weighted by molar-refractivity contribution is -0.605. The van der Waals surface area contributed by atoms with Gasteiger partial charge in [0.25, 0.3) is 0 Å². The van der Waals surface area contributed by atoms with Crippen LogP contribution in [0.3, 0.4) is 0 Å². The van der Waals surface area contributed by atoms with Crippen molar-refractivity contribution in [1.82, 2.24) is 19.9 Å². The lowest BCUT2D eigenvalue weighted by Crippen LogP contribution is -2.23. The molecular formula is C19H15N5O2S. The number of thiazole rings is 1. The molecule has 0 saturated heterocycles. The molecule has 27 heavy (non-hydrogen) atoms. The summed E-state index contributed by atoms with van der Waals surface area (Å²) in [7, 11) is 0. The zero-order chi connectivity index (χ0) is 18.6. The second-order valence-corrected chi connectivity index (χ2v) is 6.78. The Balaban J connectivity index is 1.57. The zero-order valence-corrected chi connectivity index (χ0v) is 15.3. The highest BCUT2D eigenvalue weighted by Gasteiger charge is 2.13. The van der Waals surface area contributed by atoms with Gasteiger partial charge in [0.2, 0.25) is 0 Å². The molecule has 0 bridgehead atoms. The third kappa shape index (κ3) is 3.90. The van der Waals surface area contributed by atoms with E-state index in [0.29, 0.717) is 12.6 Å². The number of pyridine rings is 2. The van der Waals surface area contributed by atoms with Gasteiger partial charge in [-0.3, -0.25) is 0 Å². The van der Waals surface area contributed by atoms with Gasteiger partial charge in [0.05, 0.1) is 22.0 Å². The van der Waals surface area contributed by atoms with E-state index < -0.39 is 0 Å². The smallest absolute Gasteiger partial charge is 0.316 e. The molecule has 4 aromatic rings. The summed E-state index contributed by atoms with van der Waals surface area (Å²) in [5, 5.41) is 12.0. The maximum Gasteiger partial charge on any atom is 0.316 e. The van der Waals surface area contributed by atoms with Crippen LogP contribution in [-0.4, -0.2) is 19.9 Å². The number of nitrogens with zero attached hydrogens (tertiary/aromatic N) is 5. The van der Waals surface area contributed by atoms with E-state index in [9.17, 15) is 5.21 Å². The monoisotopic (exact) mass is 377 g/mol. The van der Waals surface area contributed by atoms with Crippen molar-refractivity contribution in [3.8, 4) is 27.8 Å². The third-order valence-electron chi connectivity index (χ3n) is 3.79. The number of hydrogen-bond acceptors (Lipinski definition) is 7. The summed E-state index contributed by atoms with van der Waals surface area (Å²) in [5.41, 5.74) is 3.42. The van der Waals surface area contributed by atoms with Crippen molar-refractivity contribution < 1.29 is 9.47 Å². The molecule has 0 spiro atoms. The molecule has 0 aliphatic rings. The normalized spacial score (nSPS) is 10.7. The molecule has 8 heteroatoms. The molecule has 0 unspecified atom stereocenters. The fourth-order valence-electron chi connectivity index (χ4n) is 2.54. The van der Waals surface area contributed by atoms with Gasteiger partial charge in [0, 0.05) is 30.1 Å². The Morgan fingerprint density at radius 1 is 1.00 bits per heavy atom. The molecule has 0 fully saturated rings. The molecule has 0 aromatic carbocycles. The van der Waals surface area contributed by atoms with Crippen LogP contribution in [0.15, 0.2) is 61.2 Å². The van der Waals surface area contributed by atoms with Gasteiger partial charge < -0.3 is 9.94 Å². The molecule has 0 N–H and O–H groups in total. The highest BCUT2D eigenvalue weighted by molar-refractivity contribution is 7.15. The first-order valence-corrected chi connectivity index (χ1v) is 9.03. The fraction of sp³-hybridized carbons (Fsp3) is 0.105. The Hall–Kier alpha value is -3.39. The van der Waals surface area contributed by atoms with Gasteiger partial charge >= 0.3 is 6.01 Å². The van der Waals surface area contributed by atoms with Gasteiger partial charge in [-0.15, -0.1) is 11.3 Å². The predicted molar refractivity (Wildman–Crippen MR) is 101 cm³/mol. The SMILES string of the molecule is Cc1nc(COc2ncccn2)sc1-c1cccc(-c2cc[n+]([O-])cc2)n1.